The predicted octanol–water partition coefficient (Wildman–Crippen LogP) is -1.31. The Labute approximate surface area is 161 Å². The third kappa shape index (κ3) is 5.50. The third-order valence-corrected chi connectivity index (χ3v) is 4.88. The summed E-state index contributed by atoms with van der Waals surface area (Å²) in [7, 11) is 0. The summed E-state index contributed by atoms with van der Waals surface area (Å²) in [4.78, 5) is 15.6. The summed E-state index contributed by atoms with van der Waals surface area (Å²) in [6.07, 6.45) is 2.72. The van der Waals surface area contributed by atoms with E-state index in [0.29, 0.717) is 26.2 Å². The number of nitrogens with zero attached hydrogens (tertiary/aromatic N) is 2. The number of aryl methyl sites for hydroxylation is 2. The van der Waals surface area contributed by atoms with Crippen molar-refractivity contribution in [2.45, 2.75) is 32.3 Å². The van der Waals surface area contributed by atoms with Gasteiger partial charge >= 0.3 is 6.09 Å². The van der Waals surface area contributed by atoms with Crippen LogP contribution in [0.25, 0.3) is 0 Å². The van der Waals surface area contributed by atoms with Gasteiger partial charge in [-0.05, 0) is 49.4 Å². The zero-order valence-corrected chi connectivity index (χ0v) is 16.1. The highest BCUT2D eigenvalue weighted by atomic mass is 35.5. The molecule has 1 aliphatic heterocycles. The van der Waals surface area contributed by atoms with Crippen LogP contribution in [0.5, 0.6) is 5.75 Å². The fraction of sp³-hybridized carbons (Fsp3) is 0.632. The maximum absolute atomic E-state index is 11.7. The topological polar surface area (TPSA) is 62.2 Å². The van der Waals surface area contributed by atoms with E-state index in [-0.39, 0.29) is 25.1 Å². The second-order valence-electron chi connectivity index (χ2n) is 6.74. The number of hydrogen-bond donors (Lipinski definition) is 1. The van der Waals surface area contributed by atoms with Crippen molar-refractivity contribution in [2.75, 3.05) is 45.9 Å². The van der Waals surface area contributed by atoms with Crippen molar-refractivity contribution in [2.24, 2.45) is 0 Å². The molecule has 0 aromatic heterocycles. The number of aliphatic hydroxyl groups is 1. The first-order valence-electron chi connectivity index (χ1n) is 9.22. The number of ether oxygens (including phenoxy) is 2. The summed E-state index contributed by atoms with van der Waals surface area (Å²) in [5.74, 6) is 0.840. The number of fused-ring (bicyclic) bond motifs is 1. The van der Waals surface area contributed by atoms with E-state index in [1.807, 2.05) is 13.0 Å². The van der Waals surface area contributed by atoms with E-state index in [4.69, 9.17) is 9.47 Å². The monoisotopic (exact) mass is 383 g/mol. The molecule has 0 spiro atoms. The summed E-state index contributed by atoms with van der Waals surface area (Å²) in [6, 6.07) is 6.24. The molecule has 1 aromatic rings. The molecule has 1 unspecified atom stereocenters. The average molecular weight is 384 g/mol. The molecule has 1 atom stereocenters. The third-order valence-electron chi connectivity index (χ3n) is 4.88. The lowest BCUT2D eigenvalue weighted by atomic mass is 10.1. The molecule has 26 heavy (non-hydrogen) atoms. The smallest absolute Gasteiger partial charge is 0.409 e. The zero-order chi connectivity index (χ0) is 17.6. The van der Waals surface area contributed by atoms with Gasteiger partial charge in [-0.2, -0.15) is 0 Å². The minimum Gasteiger partial charge on any atom is -1.00 e. The van der Waals surface area contributed by atoms with E-state index < -0.39 is 6.10 Å². The van der Waals surface area contributed by atoms with Crippen molar-refractivity contribution < 1.29 is 31.8 Å². The normalized spacial score (nSPS) is 18.0. The van der Waals surface area contributed by atoms with Crippen LogP contribution < -0.4 is 17.1 Å². The van der Waals surface area contributed by atoms with Gasteiger partial charge in [-0.1, -0.05) is 6.07 Å². The number of hydrogen-bond acceptors (Lipinski definition) is 5. The van der Waals surface area contributed by atoms with Crippen LogP contribution >= 0.6 is 0 Å². The molecule has 1 amide bonds. The van der Waals surface area contributed by atoms with Crippen molar-refractivity contribution in [3.05, 3.63) is 29.3 Å². The van der Waals surface area contributed by atoms with Gasteiger partial charge in [-0.25, -0.2) is 4.79 Å². The van der Waals surface area contributed by atoms with Gasteiger partial charge in [0.1, 0.15) is 18.5 Å². The molecular formula is C19H28ClN2O4-. The SMILES string of the molecule is CCOC(=O)N1CCN(CC(O)COc2ccc3c(c2)CCC3)CC1.[Cl-]. The molecule has 1 fully saturated rings. The Bertz CT molecular complexity index is 591. The number of amides is 1. The average Bonchev–Trinajstić information content (AvgIpc) is 3.08. The molecule has 6 nitrogen and oxygen atoms in total. The van der Waals surface area contributed by atoms with Gasteiger partial charge in [-0.3, -0.25) is 4.90 Å². The maximum Gasteiger partial charge on any atom is 0.409 e. The molecular weight excluding hydrogens is 356 g/mol. The Morgan fingerprint density at radius 1 is 1.19 bits per heavy atom. The van der Waals surface area contributed by atoms with Crippen LogP contribution in [-0.2, 0) is 17.6 Å². The first kappa shape index (κ1) is 20.8. The molecule has 0 radical (unpaired) electrons. The van der Waals surface area contributed by atoms with Crippen LogP contribution in [0.15, 0.2) is 18.2 Å². The maximum atomic E-state index is 11.7. The van der Waals surface area contributed by atoms with Gasteiger partial charge in [0.25, 0.3) is 0 Å². The van der Waals surface area contributed by atoms with Gasteiger partial charge in [0, 0.05) is 32.7 Å². The fourth-order valence-electron chi connectivity index (χ4n) is 3.51. The number of β-amino-alcohol motifs (C(OH)–C–C–N with tert-alkyl or cyclic N) is 1. The first-order chi connectivity index (χ1) is 12.2. The lowest BCUT2D eigenvalue weighted by Crippen LogP contribution is -3.00. The second kappa shape index (κ2) is 10.00. The van der Waals surface area contributed by atoms with E-state index in [9.17, 15) is 9.90 Å². The van der Waals surface area contributed by atoms with E-state index in [1.165, 1.54) is 17.5 Å². The molecule has 1 aromatic carbocycles. The summed E-state index contributed by atoms with van der Waals surface area (Å²) in [5.41, 5.74) is 2.80. The van der Waals surface area contributed by atoms with E-state index in [2.05, 4.69) is 17.0 Å². The lowest BCUT2D eigenvalue weighted by molar-refractivity contribution is -0.0000193. The molecule has 1 heterocycles. The Morgan fingerprint density at radius 3 is 2.65 bits per heavy atom. The fourth-order valence-corrected chi connectivity index (χ4v) is 3.51. The standard InChI is InChI=1S/C19H28N2O4.ClH/c1-2-24-19(23)21-10-8-20(9-11-21)13-17(22)14-25-18-7-6-15-4-3-5-16(15)12-18;/h6-7,12,17,22H,2-5,8-11,13-14H2,1H3;1H/p-1. The number of piperazine rings is 1. The van der Waals surface area contributed by atoms with Crippen LogP contribution in [0, 0.1) is 0 Å². The summed E-state index contributed by atoms with van der Waals surface area (Å²) in [6.45, 7) is 5.82. The van der Waals surface area contributed by atoms with Crippen LogP contribution in [-0.4, -0.2) is 73.0 Å². The highest BCUT2D eigenvalue weighted by Crippen LogP contribution is 2.26. The molecule has 1 N–H and O–H groups in total. The zero-order valence-electron chi connectivity index (χ0n) is 15.3. The lowest BCUT2D eigenvalue weighted by Gasteiger charge is -2.34. The highest BCUT2D eigenvalue weighted by Gasteiger charge is 2.23. The van der Waals surface area contributed by atoms with Gasteiger partial charge < -0.3 is 31.9 Å². The Kier molecular flexibility index (Phi) is 8.00. The van der Waals surface area contributed by atoms with Gasteiger partial charge in [-0.15, -0.1) is 0 Å². The number of carbonyl (C=O) groups excluding carboxylic acids is 1. The van der Waals surface area contributed by atoms with Crippen LogP contribution in [0.3, 0.4) is 0 Å². The molecule has 1 saturated heterocycles. The quantitative estimate of drug-likeness (QED) is 0.661. The minimum absolute atomic E-state index is 0. The summed E-state index contributed by atoms with van der Waals surface area (Å²) in [5, 5.41) is 10.2. The number of benzene rings is 1. The van der Waals surface area contributed by atoms with E-state index in [1.54, 1.807) is 4.90 Å². The van der Waals surface area contributed by atoms with E-state index in [0.717, 1.165) is 31.7 Å². The number of rotatable bonds is 6. The van der Waals surface area contributed by atoms with Gasteiger partial charge in [0.15, 0.2) is 0 Å². The molecule has 3 rings (SSSR count). The minimum atomic E-state index is -0.539. The number of carbonyl (C=O) groups is 1. The molecule has 2 aliphatic rings. The number of halogens is 1. The predicted molar refractivity (Wildman–Crippen MR) is 95.0 cm³/mol. The highest BCUT2D eigenvalue weighted by molar-refractivity contribution is 5.67. The summed E-state index contributed by atoms with van der Waals surface area (Å²) < 4.78 is 10.8. The molecule has 146 valence electrons. The van der Waals surface area contributed by atoms with E-state index >= 15 is 0 Å². The summed E-state index contributed by atoms with van der Waals surface area (Å²) >= 11 is 0. The van der Waals surface area contributed by atoms with Crippen LogP contribution in [0.2, 0.25) is 0 Å². The largest absolute Gasteiger partial charge is 1.00 e. The van der Waals surface area contributed by atoms with Crippen molar-refractivity contribution in [1.82, 2.24) is 9.80 Å². The Balaban J connectivity index is 0.00000243. The van der Waals surface area contributed by atoms with Crippen molar-refractivity contribution in [3.8, 4) is 5.75 Å². The van der Waals surface area contributed by atoms with Crippen LogP contribution in [0.4, 0.5) is 4.79 Å². The molecule has 0 bridgehead atoms. The van der Waals surface area contributed by atoms with Gasteiger partial charge in [0.05, 0.1) is 6.61 Å². The van der Waals surface area contributed by atoms with Gasteiger partial charge in [0.2, 0.25) is 0 Å². The van der Waals surface area contributed by atoms with Crippen molar-refractivity contribution >= 4 is 6.09 Å². The molecule has 0 saturated carbocycles. The van der Waals surface area contributed by atoms with Crippen molar-refractivity contribution in [1.29, 1.82) is 0 Å². The van der Waals surface area contributed by atoms with Crippen LogP contribution in [0.1, 0.15) is 24.5 Å². The second-order valence-corrected chi connectivity index (χ2v) is 6.74. The van der Waals surface area contributed by atoms with Crippen molar-refractivity contribution in [3.63, 3.8) is 0 Å². The molecule has 7 heteroatoms. The Hall–Kier alpha value is -1.50. The number of aliphatic hydroxyl groups excluding tert-OH is 1. The Morgan fingerprint density at radius 2 is 1.92 bits per heavy atom. The molecule has 1 aliphatic carbocycles. The first-order valence-corrected chi connectivity index (χ1v) is 9.22.